The van der Waals surface area contributed by atoms with E-state index in [2.05, 4.69) is 20.9 Å². The van der Waals surface area contributed by atoms with Gasteiger partial charge in [-0.15, -0.1) is 11.3 Å². The normalized spacial score (nSPS) is 10.4. The first kappa shape index (κ1) is 11.6. The minimum absolute atomic E-state index is 0.0308. The van der Waals surface area contributed by atoms with E-state index in [1.54, 1.807) is 0 Å². The molecule has 0 atom stereocenters. The van der Waals surface area contributed by atoms with Crippen molar-refractivity contribution in [3.63, 3.8) is 0 Å². The zero-order valence-electron chi connectivity index (χ0n) is 7.78. The van der Waals surface area contributed by atoms with Crippen LogP contribution in [0.25, 0.3) is 10.6 Å². The maximum Gasteiger partial charge on any atom is 0.349 e. The van der Waals surface area contributed by atoms with E-state index in [9.17, 15) is 4.79 Å². The quantitative estimate of drug-likeness (QED) is 0.913. The lowest BCUT2D eigenvalue weighted by Gasteiger charge is -1.97. The molecular formula is C10H5BrClNO2S. The smallest absolute Gasteiger partial charge is 0.349 e. The number of hydrogen-bond acceptors (Lipinski definition) is 3. The average Bonchev–Trinajstić information content (AvgIpc) is 2.61. The van der Waals surface area contributed by atoms with Gasteiger partial charge in [-0.25, -0.2) is 9.78 Å². The number of carbonyl (C=O) groups is 1. The van der Waals surface area contributed by atoms with E-state index >= 15 is 0 Å². The maximum absolute atomic E-state index is 10.8. The number of aromatic nitrogens is 1. The van der Waals surface area contributed by atoms with Crippen molar-refractivity contribution in [1.29, 1.82) is 0 Å². The van der Waals surface area contributed by atoms with E-state index in [-0.39, 0.29) is 10.0 Å². The fourth-order valence-corrected chi connectivity index (χ4v) is 2.95. The van der Waals surface area contributed by atoms with Crippen LogP contribution in [0.3, 0.4) is 0 Å². The monoisotopic (exact) mass is 317 g/mol. The third kappa shape index (κ3) is 2.11. The molecule has 0 aliphatic carbocycles. The molecular weight excluding hydrogens is 314 g/mol. The topological polar surface area (TPSA) is 50.2 Å². The van der Waals surface area contributed by atoms with Crippen molar-refractivity contribution in [2.45, 2.75) is 0 Å². The molecule has 1 aromatic carbocycles. The highest BCUT2D eigenvalue weighted by atomic mass is 79.9. The van der Waals surface area contributed by atoms with Crippen molar-refractivity contribution in [2.24, 2.45) is 0 Å². The number of aromatic carboxylic acids is 1. The van der Waals surface area contributed by atoms with Gasteiger partial charge in [0.1, 0.15) is 5.01 Å². The van der Waals surface area contributed by atoms with E-state index in [0.29, 0.717) is 5.01 Å². The summed E-state index contributed by atoms with van der Waals surface area (Å²) in [7, 11) is 0. The summed E-state index contributed by atoms with van der Waals surface area (Å²) >= 11 is 10.2. The molecule has 0 bridgehead atoms. The molecule has 1 aromatic heterocycles. The Morgan fingerprint density at radius 3 is 2.69 bits per heavy atom. The van der Waals surface area contributed by atoms with Crippen molar-refractivity contribution in [3.8, 4) is 10.6 Å². The standard InChI is InChI=1S/C10H5BrClNO2S/c11-6-4-2-1-3-5(6)9-13-8(12)7(16-9)10(14)15/h1-4H,(H,14,15). The molecule has 6 heteroatoms. The largest absolute Gasteiger partial charge is 0.477 e. The highest BCUT2D eigenvalue weighted by molar-refractivity contribution is 9.10. The van der Waals surface area contributed by atoms with E-state index < -0.39 is 5.97 Å². The van der Waals surface area contributed by atoms with Crippen LogP contribution in [0, 0.1) is 0 Å². The number of hydrogen-bond donors (Lipinski definition) is 1. The Hall–Kier alpha value is -0.910. The highest BCUT2D eigenvalue weighted by Crippen LogP contribution is 2.34. The van der Waals surface area contributed by atoms with Crippen LogP contribution in [-0.2, 0) is 0 Å². The number of thiazole rings is 1. The lowest BCUT2D eigenvalue weighted by atomic mass is 10.2. The zero-order chi connectivity index (χ0) is 11.7. The predicted molar refractivity (Wildman–Crippen MR) is 67.2 cm³/mol. The molecule has 82 valence electrons. The van der Waals surface area contributed by atoms with Gasteiger partial charge in [-0.3, -0.25) is 0 Å². The molecule has 1 N–H and O–H groups in total. The molecule has 2 rings (SSSR count). The maximum atomic E-state index is 10.8. The first-order valence-corrected chi connectivity index (χ1v) is 6.23. The SMILES string of the molecule is O=C(O)c1sc(-c2ccccc2Br)nc1Cl. The molecule has 1 heterocycles. The fourth-order valence-electron chi connectivity index (χ4n) is 1.18. The Balaban J connectivity index is 2.54. The summed E-state index contributed by atoms with van der Waals surface area (Å²) in [6, 6.07) is 7.45. The number of carboxylic acid groups (broad SMARTS) is 1. The van der Waals surface area contributed by atoms with E-state index in [0.717, 1.165) is 21.4 Å². The third-order valence-corrected chi connectivity index (χ3v) is 4.04. The van der Waals surface area contributed by atoms with Gasteiger partial charge >= 0.3 is 5.97 Å². The molecule has 0 fully saturated rings. The van der Waals surface area contributed by atoms with Crippen LogP contribution in [0.4, 0.5) is 0 Å². The van der Waals surface area contributed by atoms with Gasteiger partial charge < -0.3 is 5.11 Å². The summed E-state index contributed by atoms with van der Waals surface area (Å²) in [4.78, 5) is 14.9. The van der Waals surface area contributed by atoms with E-state index in [1.165, 1.54) is 0 Å². The average molecular weight is 319 g/mol. The van der Waals surface area contributed by atoms with Gasteiger partial charge in [-0.2, -0.15) is 0 Å². The molecule has 16 heavy (non-hydrogen) atoms. The second-order valence-electron chi connectivity index (χ2n) is 2.92. The molecule has 3 nitrogen and oxygen atoms in total. The van der Waals surface area contributed by atoms with Gasteiger partial charge in [0, 0.05) is 10.0 Å². The first-order valence-electron chi connectivity index (χ1n) is 4.24. The van der Waals surface area contributed by atoms with E-state index in [1.807, 2.05) is 24.3 Å². The van der Waals surface area contributed by atoms with Crippen molar-refractivity contribution in [3.05, 3.63) is 38.8 Å². The van der Waals surface area contributed by atoms with Crippen LogP contribution in [-0.4, -0.2) is 16.1 Å². The minimum Gasteiger partial charge on any atom is -0.477 e. The van der Waals surface area contributed by atoms with Crippen LogP contribution < -0.4 is 0 Å². The van der Waals surface area contributed by atoms with Crippen LogP contribution in [0.5, 0.6) is 0 Å². The lowest BCUT2D eigenvalue weighted by molar-refractivity contribution is 0.0702. The van der Waals surface area contributed by atoms with Crippen LogP contribution >= 0.6 is 38.9 Å². The molecule has 0 radical (unpaired) electrons. The Labute approximate surface area is 109 Å². The summed E-state index contributed by atoms with van der Waals surface area (Å²) < 4.78 is 0.859. The molecule has 0 saturated carbocycles. The Kier molecular flexibility index (Phi) is 3.28. The van der Waals surface area contributed by atoms with Gasteiger partial charge in [0.2, 0.25) is 0 Å². The Bertz CT molecular complexity index is 556. The van der Waals surface area contributed by atoms with Crippen LogP contribution in [0.15, 0.2) is 28.7 Å². The number of nitrogens with zero attached hydrogens (tertiary/aromatic N) is 1. The lowest BCUT2D eigenvalue weighted by Crippen LogP contribution is -1.91. The fraction of sp³-hybridized carbons (Fsp3) is 0. The van der Waals surface area contributed by atoms with Crippen molar-refractivity contribution in [2.75, 3.05) is 0 Å². The number of benzene rings is 1. The Morgan fingerprint density at radius 2 is 2.12 bits per heavy atom. The highest BCUT2D eigenvalue weighted by Gasteiger charge is 2.17. The molecule has 0 amide bonds. The molecule has 2 aromatic rings. The van der Waals surface area contributed by atoms with Gasteiger partial charge in [0.05, 0.1) is 0 Å². The predicted octanol–water partition coefficient (Wildman–Crippen LogP) is 3.92. The summed E-state index contributed by atoms with van der Waals surface area (Å²) in [6.07, 6.45) is 0. The first-order chi connectivity index (χ1) is 7.59. The zero-order valence-corrected chi connectivity index (χ0v) is 10.9. The van der Waals surface area contributed by atoms with Crippen molar-refractivity contribution < 1.29 is 9.90 Å². The van der Waals surface area contributed by atoms with Gasteiger partial charge in [0.25, 0.3) is 0 Å². The van der Waals surface area contributed by atoms with Crippen LogP contribution in [0.2, 0.25) is 5.15 Å². The van der Waals surface area contributed by atoms with Crippen molar-refractivity contribution in [1.82, 2.24) is 4.98 Å². The Morgan fingerprint density at radius 1 is 1.44 bits per heavy atom. The van der Waals surface area contributed by atoms with Crippen LogP contribution in [0.1, 0.15) is 9.67 Å². The summed E-state index contributed by atoms with van der Waals surface area (Å²) in [5.41, 5.74) is 0.835. The van der Waals surface area contributed by atoms with Gasteiger partial charge in [-0.1, -0.05) is 45.7 Å². The molecule has 0 aliphatic heterocycles. The van der Waals surface area contributed by atoms with Gasteiger partial charge in [0.15, 0.2) is 10.0 Å². The van der Waals surface area contributed by atoms with Gasteiger partial charge in [-0.05, 0) is 6.07 Å². The molecule has 0 saturated heterocycles. The minimum atomic E-state index is -1.05. The molecule has 0 aliphatic rings. The number of halogens is 2. The summed E-state index contributed by atoms with van der Waals surface area (Å²) in [6.45, 7) is 0. The van der Waals surface area contributed by atoms with E-state index in [4.69, 9.17) is 16.7 Å². The summed E-state index contributed by atoms with van der Waals surface area (Å²) in [5, 5.41) is 9.49. The second-order valence-corrected chi connectivity index (χ2v) is 5.14. The molecule has 0 unspecified atom stereocenters. The van der Waals surface area contributed by atoms with Crippen molar-refractivity contribution >= 4 is 44.8 Å². The summed E-state index contributed by atoms with van der Waals surface area (Å²) in [5.74, 6) is -1.05. The number of carboxylic acids is 1. The molecule has 0 spiro atoms. The second kappa shape index (κ2) is 4.53. The number of rotatable bonds is 2. The third-order valence-electron chi connectivity index (χ3n) is 1.88.